The zero-order chi connectivity index (χ0) is 19.6. The van der Waals surface area contributed by atoms with Gasteiger partial charge in [-0.3, -0.25) is 9.89 Å². The Morgan fingerprint density at radius 1 is 1.07 bits per heavy atom. The van der Waals surface area contributed by atoms with Crippen molar-refractivity contribution in [3.63, 3.8) is 0 Å². The van der Waals surface area contributed by atoms with E-state index in [0.29, 0.717) is 0 Å². The maximum absolute atomic E-state index is 5.92. The van der Waals surface area contributed by atoms with Crippen molar-refractivity contribution in [2.24, 2.45) is 4.99 Å². The van der Waals surface area contributed by atoms with Crippen LogP contribution in [-0.4, -0.2) is 67.1 Å². The van der Waals surface area contributed by atoms with Gasteiger partial charge in [-0.25, -0.2) is 9.97 Å². The van der Waals surface area contributed by atoms with Gasteiger partial charge in [-0.05, 0) is 36.7 Å². The Labute approximate surface area is 195 Å². The summed E-state index contributed by atoms with van der Waals surface area (Å²) < 4.78 is 0. The third kappa shape index (κ3) is 7.94. The Bertz CT molecular complexity index is 734. The van der Waals surface area contributed by atoms with Gasteiger partial charge in [0.05, 0.1) is 0 Å². The van der Waals surface area contributed by atoms with E-state index in [1.807, 2.05) is 30.3 Å². The Morgan fingerprint density at radius 3 is 2.41 bits per heavy atom. The second kappa shape index (κ2) is 12.8. The lowest BCUT2D eigenvalue weighted by Gasteiger charge is -2.34. The third-order valence-electron chi connectivity index (χ3n) is 4.75. The van der Waals surface area contributed by atoms with E-state index in [-0.39, 0.29) is 24.0 Å². The van der Waals surface area contributed by atoms with Crippen molar-refractivity contribution in [2.45, 2.75) is 13.0 Å². The lowest BCUT2D eigenvalue weighted by Crippen LogP contribution is -2.47. The van der Waals surface area contributed by atoms with Crippen LogP contribution in [0.2, 0.25) is 5.02 Å². The molecule has 7 nitrogen and oxygen atoms in total. The summed E-state index contributed by atoms with van der Waals surface area (Å²) in [6, 6.07) is 9.69. The molecule has 1 aromatic heterocycles. The lowest BCUT2D eigenvalue weighted by atomic mass is 10.2. The molecule has 1 fully saturated rings. The van der Waals surface area contributed by atoms with Crippen molar-refractivity contribution in [3.8, 4) is 0 Å². The van der Waals surface area contributed by atoms with E-state index in [0.717, 1.165) is 69.2 Å². The first kappa shape index (κ1) is 23.6. The highest BCUT2D eigenvalue weighted by atomic mass is 127. The fourth-order valence-corrected chi connectivity index (χ4v) is 3.27. The van der Waals surface area contributed by atoms with Gasteiger partial charge in [-0.1, -0.05) is 23.7 Å². The smallest absolute Gasteiger partial charge is 0.225 e. The Hall–Kier alpha value is -1.65. The predicted molar refractivity (Wildman–Crippen MR) is 130 cm³/mol. The van der Waals surface area contributed by atoms with Gasteiger partial charge in [0.25, 0.3) is 0 Å². The van der Waals surface area contributed by atoms with Gasteiger partial charge >= 0.3 is 0 Å². The molecule has 0 amide bonds. The number of halogens is 2. The van der Waals surface area contributed by atoms with Crippen molar-refractivity contribution < 1.29 is 0 Å². The van der Waals surface area contributed by atoms with Crippen LogP contribution in [0.5, 0.6) is 0 Å². The normalized spacial score (nSPS) is 15.0. The van der Waals surface area contributed by atoms with Gasteiger partial charge in [-0.2, -0.15) is 0 Å². The van der Waals surface area contributed by atoms with Gasteiger partial charge in [0.2, 0.25) is 5.95 Å². The van der Waals surface area contributed by atoms with Crippen molar-refractivity contribution >= 4 is 47.5 Å². The molecule has 2 aromatic rings. The summed E-state index contributed by atoms with van der Waals surface area (Å²) >= 11 is 5.92. The molecule has 1 aliphatic rings. The Morgan fingerprint density at radius 2 is 1.76 bits per heavy atom. The van der Waals surface area contributed by atoms with E-state index in [1.54, 1.807) is 19.4 Å². The summed E-state index contributed by atoms with van der Waals surface area (Å²) in [4.78, 5) is 17.7. The number of nitrogens with zero attached hydrogens (tertiary/aromatic N) is 5. The molecule has 0 spiro atoms. The second-order valence-electron chi connectivity index (χ2n) is 6.71. The minimum Gasteiger partial charge on any atom is -0.356 e. The van der Waals surface area contributed by atoms with Gasteiger partial charge in [0, 0.05) is 63.7 Å². The largest absolute Gasteiger partial charge is 0.356 e. The van der Waals surface area contributed by atoms with Crippen LogP contribution >= 0.6 is 35.6 Å². The summed E-state index contributed by atoms with van der Waals surface area (Å²) in [5, 5.41) is 7.46. The molecule has 2 N–H and O–H groups in total. The minimum absolute atomic E-state index is 0. The molecular weight excluding hydrogens is 501 g/mol. The molecule has 0 bridgehead atoms. The number of guanidine groups is 1. The number of hydrogen-bond donors (Lipinski definition) is 2. The van der Waals surface area contributed by atoms with Crippen LogP contribution in [0.3, 0.4) is 0 Å². The number of nitrogens with one attached hydrogen (secondary N) is 2. The Balaban J connectivity index is 0.00000300. The number of hydrogen-bond acceptors (Lipinski definition) is 5. The van der Waals surface area contributed by atoms with Crippen LogP contribution in [0, 0.1) is 0 Å². The van der Waals surface area contributed by atoms with Crippen molar-refractivity contribution in [1.82, 2.24) is 25.5 Å². The van der Waals surface area contributed by atoms with Crippen LogP contribution in [0.25, 0.3) is 0 Å². The predicted octanol–water partition coefficient (Wildman–Crippen LogP) is 2.63. The van der Waals surface area contributed by atoms with Crippen molar-refractivity contribution in [1.29, 1.82) is 0 Å². The molecule has 29 heavy (non-hydrogen) atoms. The number of anilines is 1. The van der Waals surface area contributed by atoms with E-state index >= 15 is 0 Å². The number of aromatic nitrogens is 2. The van der Waals surface area contributed by atoms with Gasteiger partial charge in [-0.15, -0.1) is 24.0 Å². The molecule has 0 radical (unpaired) electrons. The first-order chi connectivity index (χ1) is 13.7. The molecule has 0 atom stereocenters. The first-order valence-corrected chi connectivity index (χ1v) is 10.1. The van der Waals surface area contributed by atoms with Crippen LogP contribution in [0.1, 0.15) is 12.0 Å². The quantitative estimate of drug-likeness (QED) is 0.249. The minimum atomic E-state index is 0. The molecular formula is C20H29ClIN7. The standard InChI is InChI=1S/C20H28ClN7.HI/c1-22-19(26-16-17-4-6-18(21)7-5-17)23-10-3-11-27-12-14-28(15-13-27)20-24-8-2-9-25-20;/h2,4-9H,3,10-16H2,1H3,(H2,22,23,26);1H. The van der Waals surface area contributed by atoms with E-state index in [2.05, 4.69) is 35.4 Å². The molecule has 3 rings (SSSR count). The topological polar surface area (TPSA) is 68.7 Å². The fraction of sp³-hybridized carbons (Fsp3) is 0.450. The zero-order valence-corrected chi connectivity index (χ0v) is 19.8. The van der Waals surface area contributed by atoms with Crippen LogP contribution in [0.4, 0.5) is 5.95 Å². The zero-order valence-electron chi connectivity index (χ0n) is 16.7. The summed E-state index contributed by atoms with van der Waals surface area (Å²) in [6.07, 6.45) is 4.67. The summed E-state index contributed by atoms with van der Waals surface area (Å²) in [6.45, 7) is 6.72. The first-order valence-electron chi connectivity index (χ1n) is 9.68. The lowest BCUT2D eigenvalue weighted by molar-refractivity contribution is 0.254. The number of benzene rings is 1. The van der Waals surface area contributed by atoms with Crippen molar-refractivity contribution in [2.75, 3.05) is 51.2 Å². The van der Waals surface area contributed by atoms with E-state index in [4.69, 9.17) is 11.6 Å². The summed E-state index contributed by atoms with van der Waals surface area (Å²) in [7, 11) is 1.79. The molecule has 0 aliphatic carbocycles. The highest BCUT2D eigenvalue weighted by Gasteiger charge is 2.18. The van der Waals surface area contributed by atoms with Gasteiger partial charge < -0.3 is 15.5 Å². The summed E-state index contributed by atoms with van der Waals surface area (Å²) in [5.41, 5.74) is 1.17. The number of aliphatic imine (C=N–C) groups is 1. The van der Waals surface area contributed by atoms with E-state index in [1.165, 1.54) is 5.56 Å². The van der Waals surface area contributed by atoms with Gasteiger partial charge in [0.15, 0.2) is 5.96 Å². The van der Waals surface area contributed by atoms with Crippen molar-refractivity contribution in [3.05, 3.63) is 53.3 Å². The summed E-state index contributed by atoms with van der Waals surface area (Å²) in [5.74, 6) is 1.65. The average Bonchev–Trinajstić information content (AvgIpc) is 2.75. The van der Waals surface area contributed by atoms with Crippen LogP contribution < -0.4 is 15.5 Å². The highest BCUT2D eigenvalue weighted by Crippen LogP contribution is 2.10. The van der Waals surface area contributed by atoms with E-state index in [9.17, 15) is 0 Å². The monoisotopic (exact) mass is 529 g/mol. The number of piperazine rings is 1. The Kier molecular flexibility index (Phi) is 10.4. The molecule has 1 aromatic carbocycles. The maximum atomic E-state index is 5.92. The third-order valence-corrected chi connectivity index (χ3v) is 5.00. The molecule has 2 heterocycles. The number of rotatable bonds is 7. The van der Waals surface area contributed by atoms with Crippen LogP contribution in [0.15, 0.2) is 47.7 Å². The molecule has 9 heteroatoms. The van der Waals surface area contributed by atoms with E-state index < -0.39 is 0 Å². The highest BCUT2D eigenvalue weighted by molar-refractivity contribution is 14.0. The maximum Gasteiger partial charge on any atom is 0.225 e. The molecule has 0 unspecified atom stereocenters. The van der Waals surface area contributed by atoms with Crippen LogP contribution in [-0.2, 0) is 6.54 Å². The molecule has 158 valence electrons. The second-order valence-corrected chi connectivity index (χ2v) is 7.15. The molecule has 1 aliphatic heterocycles. The van der Waals surface area contributed by atoms with Gasteiger partial charge in [0.1, 0.15) is 0 Å². The fourth-order valence-electron chi connectivity index (χ4n) is 3.14. The molecule has 0 saturated carbocycles. The SMILES string of the molecule is CN=C(NCCCN1CCN(c2ncccn2)CC1)NCc1ccc(Cl)cc1.I. The average molecular weight is 530 g/mol. The molecule has 1 saturated heterocycles.